The second-order valence-electron chi connectivity index (χ2n) is 5.94. The smallest absolute Gasteiger partial charge is 0.346 e. The van der Waals surface area contributed by atoms with Crippen LogP contribution >= 0.6 is 0 Å². The Morgan fingerprint density at radius 2 is 1.57 bits per heavy atom. The lowest BCUT2D eigenvalue weighted by Crippen LogP contribution is -2.11. The molecule has 0 heterocycles. The minimum absolute atomic E-state index is 0.153. The number of nitriles is 1. The maximum absolute atomic E-state index is 14.4. The van der Waals surface area contributed by atoms with E-state index in [4.69, 9.17) is 10.00 Å². The van der Waals surface area contributed by atoms with Crippen molar-refractivity contribution < 1.29 is 27.1 Å². The Balaban J connectivity index is 1.88. The highest BCUT2D eigenvalue weighted by atomic mass is 19.1. The van der Waals surface area contributed by atoms with Crippen LogP contribution in [0.3, 0.4) is 0 Å². The molecule has 0 aliphatic carbocycles. The van der Waals surface area contributed by atoms with Gasteiger partial charge in [-0.05, 0) is 36.2 Å². The Morgan fingerprint density at radius 1 is 0.893 bits per heavy atom. The van der Waals surface area contributed by atoms with Crippen molar-refractivity contribution in [1.29, 1.82) is 5.26 Å². The van der Waals surface area contributed by atoms with E-state index in [0.29, 0.717) is 17.7 Å². The van der Waals surface area contributed by atoms with Crippen LogP contribution < -0.4 is 4.74 Å². The largest absolute Gasteiger partial charge is 0.423 e. The first-order valence-corrected chi connectivity index (χ1v) is 7.97. The molecule has 0 unspecified atom stereocenters. The number of nitrogens with zero attached hydrogens (tertiary/aromatic N) is 1. The van der Waals surface area contributed by atoms with Gasteiger partial charge in [-0.1, -0.05) is 18.2 Å². The van der Waals surface area contributed by atoms with Crippen LogP contribution in [0, 0.1) is 41.5 Å². The Kier molecular flexibility index (Phi) is 5.14. The first-order chi connectivity index (χ1) is 13.3. The van der Waals surface area contributed by atoms with Gasteiger partial charge in [0.2, 0.25) is 0 Å². The molecule has 0 radical (unpaired) electrons. The first kappa shape index (κ1) is 19.1. The van der Waals surface area contributed by atoms with E-state index < -0.39 is 46.1 Å². The van der Waals surface area contributed by atoms with Gasteiger partial charge in [0.05, 0.1) is 5.56 Å². The third-order valence-corrected chi connectivity index (χ3v) is 3.96. The number of halogens is 4. The van der Waals surface area contributed by atoms with E-state index in [-0.39, 0.29) is 11.1 Å². The molecule has 0 bridgehead atoms. The highest BCUT2D eigenvalue weighted by molar-refractivity contribution is 5.92. The number of benzene rings is 3. The summed E-state index contributed by atoms with van der Waals surface area (Å²) >= 11 is 0. The number of ether oxygens (including phenoxy) is 1. The van der Waals surface area contributed by atoms with Crippen molar-refractivity contribution in [3.05, 3.63) is 88.5 Å². The van der Waals surface area contributed by atoms with Crippen LogP contribution in [0.15, 0.2) is 48.5 Å². The number of carbonyl (C=O) groups is 1. The molecule has 3 aromatic carbocycles. The Bertz CT molecular complexity index is 1110. The fourth-order valence-corrected chi connectivity index (χ4v) is 2.58. The quantitative estimate of drug-likeness (QED) is 0.349. The van der Waals surface area contributed by atoms with Gasteiger partial charge >= 0.3 is 5.97 Å². The molecule has 28 heavy (non-hydrogen) atoms. The van der Waals surface area contributed by atoms with Crippen LogP contribution in [0.5, 0.6) is 5.75 Å². The molecule has 0 aromatic heterocycles. The maximum atomic E-state index is 14.4. The Hall–Kier alpha value is -3.66. The van der Waals surface area contributed by atoms with Gasteiger partial charge in [0.25, 0.3) is 0 Å². The molecule has 0 saturated heterocycles. The molecule has 3 aromatic rings. The monoisotopic (exact) mass is 385 g/mol. The number of aryl methyl sites for hydroxylation is 1. The predicted molar refractivity (Wildman–Crippen MR) is 92.6 cm³/mol. The number of hydrogen-bond acceptors (Lipinski definition) is 3. The Morgan fingerprint density at radius 3 is 2.14 bits per heavy atom. The van der Waals surface area contributed by atoms with Gasteiger partial charge in [0.1, 0.15) is 40.7 Å². The van der Waals surface area contributed by atoms with Crippen LogP contribution in [0.2, 0.25) is 0 Å². The van der Waals surface area contributed by atoms with Crippen molar-refractivity contribution in [3.8, 4) is 22.9 Å². The molecular weight excluding hydrogens is 374 g/mol. The number of hydrogen-bond donors (Lipinski definition) is 0. The molecule has 0 N–H and O–H groups in total. The molecule has 140 valence electrons. The van der Waals surface area contributed by atoms with Gasteiger partial charge in [-0.2, -0.15) is 5.26 Å². The highest BCUT2D eigenvalue weighted by Gasteiger charge is 2.18. The molecule has 0 aliphatic rings. The minimum atomic E-state index is -1.21. The SMILES string of the molecule is Cc1ccc(-c2ccc(C(=O)Oc3cc(F)c(C#N)c(F)c3)c(F)c2)c(F)c1. The average Bonchev–Trinajstić information content (AvgIpc) is 2.61. The summed E-state index contributed by atoms with van der Waals surface area (Å²) in [4.78, 5) is 12.1. The summed E-state index contributed by atoms with van der Waals surface area (Å²) in [6.07, 6.45) is 0. The molecule has 0 amide bonds. The molecule has 0 saturated carbocycles. The number of rotatable bonds is 3. The van der Waals surface area contributed by atoms with Gasteiger partial charge in [0.15, 0.2) is 0 Å². The normalized spacial score (nSPS) is 10.4. The average molecular weight is 385 g/mol. The van der Waals surface area contributed by atoms with E-state index in [2.05, 4.69) is 0 Å². The summed E-state index contributed by atoms with van der Waals surface area (Å²) in [6, 6.07) is 10.4. The van der Waals surface area contributed by atoms with E-state index in [9.17, 15) is 22.4 Å². The van der Waals surface area contributed by atoms with E-state index in [1.54, 1.807) is 13.0 Å². The van der Waals surface area contributed by atoms with Crippen LogP contribution in [0.25, 0.3) is 11.1 Å². The zero-order valence-electron chi connectivity index (χ0n) is 14.4. The van der Waals surface area contributed by atoms with Crippen molar-refractivity contribution in [3.63, 3.8) is 0 Å². The molecule has 0 aliphatic heterocycles. The summed E-state index contributed by atoms with van der Waals surface area (Å²) in [7, 11) is 0. The van der Waals surface area contributed by atoms with Crippen LogP contribution in [0.4, 0.5) is 17.6 Å². The first-order valence-electron chi connectivity index (χ1n) is 7.97. The lowest BCUT2D eigenvalue weighted by Gasteiger charge is -2.09. The highest BCUT2D eigenvalue weighted by Crippen LogP contribution is 2.27. The van der Waals surface area contributed by atoms with Crippen LogP contribution in [-0.4, -0.2) is 5.97 Å². The summed E-state index contributed by atoms with van der Waals surface area (Å²) in [5.41, 5.74) is -0.261. The molecule has 7 heteroatoms. The molecule has 3 nitrogen and oxygen atoms in total. The third kappa shape index (κ3) is 3.71. The topological polar surface area (TPSA) is 50.1 Å². The van der Waals surface area contributed by atoms with Gasteiger partial charge in [-0.25, -0.2) is 22.4 Å². The van der Waals surface area contributed by atoms with E-state index in [1.165, 1.54) is 24.3 Å². The lowest BCUT2D eigenvalue weighted by molar-refractivity contribution is 0.0729. The lowest BCUT2D eigenvalue weighted by atomic mass is 10.0. The summed E-state index contributed by atoms with van der Waals surface area (Å²) < 4.78 is 60.4. The van der Waals surface area contributed by atoms with Crippen molar-refractivity contribution in [2.45, 2.75) is 6.92 Å². The maximum Gasteiger partial charge on any atom is 0.346 e. The second-order valence-corrected chi connectivity index (χ2v) is 5.94. The fraction of sp³-hybridized carbons (Fsp3) is 0.0476. The standard InChI is InChI=1S/C21H11F4NO2/c1-11-2-4-14(17(22)6-11)12-3-5-15(18(23)7-12)21(27)28-13-8-19(24)16(10-26)20(25)9-13/h2-9H,1H3. The van der Waals surface area contributed by atoms with Crippen molar-refractivity contribution in [2.24, 2.45) is 0 Å². The van der Waals surface area contributed by atoms with Crippen molar-refractivity contribution in [1.82, 2.24) is 0 Å². The predicted octanol–water partition coefficient (Wildman–Crippen LogP) is 5.31. The van der Waals surface area contributed by atoms with E-state index in [1.807, 2.05) is 0 Å². The van der Waals surface area contributed by atoms with Crippen LogP contribution in [-0.2, 0) is 0 Å². The summed E-state index contributed by atoms with van der Waals surface area (Å²) in [6.45, 7) is 1.71. The molecule has 3 rings (SSSR count). The van der Waals surface area contributed by atoms with E-state index in [0.717, 1.165) is 12.1 Å². The molecule has 0 fully saturated rings. The zero-order chi connectivity index (χ0) is 20.4. The van der Waals surface area contributed by atoms with Crippen molar-refractivity contribution >= 4 is 5.97 Å². The van der Waals surface area contributed by atoms with Gasteiger partial charge in [-0.15, -0.1) is 0 Å². The summed E-state index contributed by atoms with van der Waals surface area (Å²) in [5, 5.41) is 8.63. The molecule has 0 atom stereocenters. The minimum Gasteiger partial charge on any atom is -0.423 e. The van der Waals surface area contributed by atoms with Crippen LogP contribution in [0.1, 0.15) is 21.5 Å². The Labute approximate surface area is 157 Å². The zero-order valence-corrected chi connectivity index (χ0v) is 14.4. The van der Waals surface area contributed by atoms with E-state index >= 15 is 0 Å². The van der Waals surface area contributed by atoms with Gasteiger partial charge in [0, 0.05) is 17.7 Å². The number of carbonyl (C=O) groups excluding carboxylic acids is 1. The second kappa shape index (κ2) is 7.53. The third-order valence-electron chi connectivity index (χ3n) is 3.96. The van der Waals surface area contributed by atoms with Crippen molar-refractivity contribution in [2.75, 3.05) is 0 Å². The van der Waals surface area contributed by atoms with Gasteiger partial charge < -0.3 is 4.74 Å². The fourth-order valence-electron chi connectivity index (χ4n) is 2.58. The van der Waals surface area contributed by atoms with Gasteiger partial charge in [-0.3, -0.25) is 0 Å². The molecule has 0 spiro atoms. The number of esters is 1. The molecular formula is C21H11F4NO2. The summed E-state index contributed by atoms with van der Waals surface area (Å²) in [5.74, 6) is -5.67.